The molecule has 1 saturated heterocycles. The summed E-state index contributed by atoms with van der Waals surface area (Å²) in [5.74, 6) is 1.75. The molecule has 0 unspecified atom stereocenters. The van der Waals surface area contributed by atoms with Gasteiger partial charge in [0.05, 0.1) is 6.10 Å². The van der Waals surface area contributed by atoms with Crippen LogP contribution in [0, 0.1) is 6.92 Å². The number of anilines is 1. The molecule has 0 saturated carbocycles. The summed E-state index contributed by atoms with van der Waals surface area (Å²) in [6.45, 7) is 6.82. The Morgan fingerprint density at radius 1 is 1.27 bits per heavy atom. The predicted molar refractivity (Wildman–Crippen MR) is 86.9 cm³/mol. The van der Waals surface area contributed by atoms with Crippen LogP contribution in [0.3, 0.4) is 0 Å². The van der Waals surface area contributed by atoms with Gasteiger partial charge in [-0.3, -0.25) is 4.98 Å². The number of hydrogen-bond acceptors (Lipinski definition) is 5. The lowest BCUT2D eigenvalue weighted by molar-refractivity contribution is 0.0458. The van der Waals surface area contributed by atoms with Gasteiger partial charge in [0.15, 0.2) is 5.82 Å². The number of ether oxygens (including phenoxy) is 1. The van der Waals surface area contributed by atoms with Gasteiger partial charge in [-0.25, -0.2) is 9.97 Å². The molecule has 3 rings (SSSR count). The third-order valence-electron chi connectivity index (χ3n) is 3.93. The Kier molecular flexibility index (Phi) is 4.63. The molecule has 116 valence electrons. The van der Waals surface area contributed by atoms with Crippen molar-refractivity contribution in [3.8, 4) is 11.4 Å². The van der Waals surface area contributed by atoms with Crippen LogP contribution in [0.5, 0.6) is 0 Å². The molecule has 0 spiro atoms. The molecule has 0 atom stereocenters. The molecule has 0 aromatic carbocycles. The van der Waals surface area contributed by atoms with Gasteiger partial charge >= 0.3 is 0 Å². The monoisotopic (exact) mass is 298 g/mol. The van der Waals surface area contributed by atoms with Crippen LogP contribution in [0.2, 0.25) is 0 Å². The molecule has 1 aliphatic heterocycles. The second kappa shape index (κ2) is 6.83. The van der Waals surface area contributed by atoms with Gasteiger partial charge in [0.1, 0.15) is 5.82 Å². The number of nitrogens with zero attached hydrogens (tertiary/aromatic N) is 4. The first-order chi connectivity index (χ1) is 10.8. The van der Waals surface area contributed by atoms with Crippen molar-refractivity contribution in [3.63, 3.8) is 0 Å². The lowest BCUT2D eigenvalue weighted by Gasteiger charge is -2.32. The van der Waals surface area contributed by atoms with Crippen LogP contribution in [0.1, 0.15) is 25.5 Å². The minimum absolute atomic E-state index is 0.391. The van der Waals surface area contributed by atoms with Crippen molar-refractivity contribution in [2.24, 2.45) is 0 Å². The highest BCUT2D eigenvalue weighted by atomic mass is 16.5. The third kappa shape index (κ3) is 3.42. The van der Waals surface area contributed by atoms with Crippen molar-refractivity contribution in [2.75, 3.05) is 24.6 Å². The van der Waals surface area contributed by atoms with Crippen molar-refractivity contribution in [1.82, 2.24) is 15.0 Å². The Balaban J connectivity index is 1.79. The molecule has 3 heterocycles. The van der Waals surface area contributed by atoms with Crippen molar-refractivity contribution >= 4 is 5.82 Å². The summed E-state index contributed by atoms with van der Waals surface area (Å²) in [7, 11) is 0. The molecule has 5 heteroatoms. The van der Waals surface area contributed by atoms with Crippen LogP contribution < -0.4 is 4.90 Å². The van der Waals surface area contributed by atoms with Crippen LogP contribution in [0.4, 0.5) is 5.82 Å². The van der Waals surface area contributed by atoms with Gasteiger partial charge in [0.2, 0.25) is 0 Å². The van der Waals surface area contributed by atoms with E-state index in [0.29, 0.717) is 6.10 Å². The maximum absolute atomic E-state index is 5.72. The smallest absolute Gasteiger partial charge is 0.163 e. The molecular formula is C17H22N4O. The van der Waals surface area contributed by atoms with Crippen molar-refractivity contribution in [2.45, 2.75) is 32.8 Å². The van der Waals surface area contributed by atoms with Crippen LogP contribution in [0.15, 0.2) is 30.6 Å². The minimum Gasteiger partial charge on any atom is -0.378 e. The van der Waals surface area contributed by atoms with E-state index >= 15 is 0 Å². The Morgan fingerprint density at radius 2 is 2.09 bits per heavy atom. The molecule has 0 aliphatic carbocycles. The van der Waals surface area contributed by atoms with E-state index in [-0.39, 0.29) is 0 Å². The molecule has 5 nitrogen and oxygen atoms in total. The van der Waals surface area contributed by atoms with Crippen LogP contribution in [-0.2, 0) is 4.74 Å². The second-order valence-corrected chi connectivity index (χ2v) is 5.57. The van der Waals surface area contributed by atoms with E-state index in [9.17, 15) is 0 Å². The Bertz CT molecular complexity index is 609. The molecular weight excluding hydrogens is 276 g/mol. The topological polar surface area (TPSA) is 51.1 Å². The Morgan fingerprint density at radius 3 is 2.77 bits per heavy atom. The van der Waals surface area contributed by atoms with E-state index in [0.717, 1.165) is 55.4 Å². The number of pyridine rings is 1. The lowest BCUT2D eigenvalue weighted by atomic mass is 10.1. The minimum atomic E-state index is 0.391. The van der Waals surface area contributed by atoms with Crippen molar-refractivity contribution < 1.29 is 4.74 Å². The maximum atomic E-state index is 5.72. The fraction of sp³-hybridized carbons (Fsp3) is 0.471. The summed E-state index contributed by atoms with van der Waals surface area (Å²) in [6.07, 6.45) is 6.07. The molecule has 0 bridgehead atoms. The van der Waals surface area contributed by atoms with Gasteiger partial charge in [0, 0.05) is 49.4 Å². The van der Waals surface area contributed by atoms with Gasteiger partial charge in [-0.05, 0) is 38.8 Å². The van der Waals surface area contributed by atoms with E-state index in [1.807, 2.05) is 19.1 Å². The summed E-state index contributed by atoms with van der Waals surface area (Å²) in [6, 6.07) is 5.96. The highest BCUT2D eigenvalue weighted by Crippen LogP contribution is 2.23. The van der Waals surface area contributed by atoms with Gasteiger partial charge in [-0.15, -0.1) is 0 Å². The molecule has 0 amide bonds. The highest BCUT2D eigenvalue weighted by Gasteiger charge is 2.21. The summed E-state index contributed by atoms with van der Waals surface area (Å²) < 4.78 is 5.72. The number of aryl methyl sites for hydroxylation is 1. The number of aromatic nitrogens is 3. The van der Waals surface area contributed by atoms with Crippen LogP contribution in [-0.4, -0.2) is 40.8 Å². The maximum Gasteiger partial charge on any atom is 0.163 e. The number of hydrogen-bond donors (Lipinski definition) is 0. The quantitative estimate of drug-likeness (QED) is 0.868. The fourth-order valence-corrected chi connectivity index (χ4v) is 2.83. The zero-order chi connectivity index (χ0) is 15.4. The SMILES string of the molecule is CCOC1CCN(c2cc(C)nc(-c3cccnc3)n2)CC1. The van der Waals surface area contributed by atoms with Crippen LogP contribution >= 0.6 is 0 Å². The first-order valence-corrected chi connectivity index (χ1v) is 7.89. The summed E-state index contributed by atoms with van der Waals surface area (Å²) in [5.41, 5.74) is 1.94. The Hall–Kier alpha value is -2.01. The predicted octanol–water partition coefficient (Wildman–Crippen LogP) is 2.85. The molecule has 1 fully saturated rings. The van der Waals surface area contributed by atoms with Crippen LogP contribution in [0.25, 0.3) is 11.4 Å². The van der Waals surface area contributed by atoms with Crippen molar-refractivity contribution in [1.29, 1.82) is 0 Å². The third-order valence-corrected chi connectivity index (χ3v) is 3.93. The van der Waals surface area contributed by atoms with Gasteiger partial charge in [0.25, 0.3) is 0 Å². The summed E-state index contributed by atoms with van der Waals surface area (Å²) in [4.78, 5) is 15.8. The first-order valence-electron chi connectivity index (χ1n) is 7.89. The van der Waals surface area contributed by atoms with Gasteiger partial charge < -0.3 is 9.64 Å². The van der Waals surface area contributed by atoms with Crippen molar-refractivity contribution in [3.05, 3.63) is 36.3 Å². The van der Waals surface area contributed by atoms with E-state index in [1.54, 1.807) is 12.4 Å². The average molecular weight is 298 g/mol. The summed E-state index contributed by atoms with van der Waals surface area (Å²) >= 11 is 0. The molecule has 0 N–H and O–H groups in total. The van der Waals surface area contributed by atoms with E-state index < -0.39 is 0 Å². The van der Waals surface area contributed by atoms with E-state index in [2.05, 4.69) is 27.9 Å². The average Bonchev–Trinajstić information content (AvgIpc) is 2.56. The summed E-state index contributed by atoms with van der Waals surface area (Å²) in [5, 5.41) is 0. The largest absolute Gasteiger partial charge is 0.378 e. The van der Waals surface area contributed by atoms with Gasteiger partial charge in [-0.2, -0.15) is 0 Å². The molecule has 0 radical (unpaired) electrons. The second-order valence-electron chi connectivity index (χ2n) is 5.57. The Labute approximate surface area is 131 Å². The first kappa shape index (κ1) is 14.9. The zero-order valence-electron chi connectivity index (χ0n) is 13.2. The van der Waals surface area contributed by atoms with Gasteiger partial charge in [-0.1, -0.05) is 0 Å². The standard InChI is InChI=1S/C17H22N4O/c1-3-22-15-6-9-21(10-7-15)16-11-13(2)19-17(20-16)14-5-4-8-18-12-14/h4-5,8,11-12,15H,3,6-7,9-10H2,1-2H3. The number of piperidine rings is 1. The molecule has 22 heavy (non-hydrogen) atoms. The normalized spacial score (nSPS) is 16.0. The van der Waals surface area contributed by atoms with E-state index in [4.69, 9.17) is 9.72 Å². The molecule has 2 aromatic heterocycles. The molecule has 2 aromatic rings. The molecule has 1 aliphatic rings. The number of rotatable bonds is 4. The van der Waals surface area contributed by atoms with E-state index in [1.165, 1.54) is 0 Å². The highest BCUT2D eigenvalue weighted by molar-refractivity contribution is 5.56. The fourth-order valence-electron chi connectivity index (χ4n) is 2.83. The lowest BCUT2D eigenvalue weighted by Crippen LogP contribution is -2.37. The zero-order valence-corrected chi connectivity index (χ0v) is 13.2.